The number of nitriles is 1. The van der Waals surface area contributed by atoms with Crippen molar-refractivity contribution < 1.29 is 9.90 Å². The summed E-state index contributed by atoms with van der Waals surface area (Å²) >= 11 is 2.72. The standard InChI is InChI=1S/C18H12N4O2S2/c1-10-16(18(23)24)26-17(21-10)11-2-3-14-13(6-11)12(7-19)8-22(14)9-15-20-4-5-25-15/h2-6,8H,9H2,1H3,(H,23,24). The van der Waals surface area contributed by atoms with E-state index in [4.69, 9.17) is 0 Å². The average molecular weight is 380 g/mol. The van der Waals surface area contributed by atoms with Crippen LogP contribution in [0.2, 0.25) is 0 Å². The normalized spacial score (nSPS) is 10.9. The smallest absolute Gasteiger partial charge is 0.347 e. The van der Waals surface area contributed by atoms with E-state index in [1.54, 1.807) is 24.5 Å². The molecule has 3 heterocycles. The number of carboxylic acids is 1. The Labute approximate surface area is 156 Å². The minimum absolute atomic E-state index is 0.238. The summed E-state index contributed by atoms with van der Waals surface area (Å²) in [6, 6.07) is 7.98. The van der Waals surface area contributed by atoms with Gasteiger partial charge in [0.05, 0.1) is 17.8 Å². The first-order valence-corrected chi connectivity index (χ1v) is 9.39. The summed E-state index contributed by atoms with van der Waals surface area (Å²) < 4.78 is 2.01. The van der Waals surface area contributed by atoms with Crippen LogP contribution in [-0.4, -0.2) is 25.6 Å². The summed E-state index contributed by atoms with van der Waals surface area (Å²) in [6.45, 7) is 2.29. The molecule has 6 nitrogen and oxygen atoms in total. The number of rotatable bonds is 4. The van der Waals surface area contributed by atoms with Gasteiger partial charge in [0.2, 0.25) is 0 Å². The number of thiazole rings is 2. The minimum Gasteiger partial charge on any atom is -0.477 e. The molecule has 0 saturated heterocycles. The first-order valence-electron chi connectivity index (χ1n) is 7.69. The summed E-state index contributed by atoms with van der Waals surface area (Å²) in [6.07, 6.45) is 3.59. The topological polar surface area (TPSA) is 91.8 Å². The Morgan fingerprint density at radius 2 is 2.27 bits per heavy atom. The molecule has 8 heteroatoms. The summed E-state index contributed by atoms with van der Waals surface area (Å²) in [5.74, 6) is -0.973. The van der Waals surface area contributed by atoms with Gasteiger partial charge in [-0.2, -0.15) is 5.26 Å². The van der Waals surface area contributed by atoms with E-state index < -0.39 is 5.97 Å². The molecule has 0 atom stereocenters. The van der Waals surface area contributed by atoms with Crippen LogP contribution in [0.25, 0.3) is 21.5 Å². The van der Waals surface area contributed by atoms with Gasteiger partial charge in [-0.15, -0.1) is 22.7 Å². The Kier molecular flexibility index (Phi) is 4.03. The molecule has 0 radical (unpaired) electrons. The van der Waals surface area contributed by atoms with Crippen molar-refractivity contribution >= 4 is 39.5 Å². The number of hydrogen-bond donors (Lipinski definition) is 1. The number of carboxylic acid groups (broad SMARTS) is 1. The summed E-state index contributed by atoms with van der Waals surface area (Å²) in [5.41, 5.74) is 2.82. The van der Waals surface area contributed by atoms with Gasteiger partial charge in [0.15, 0.2) is 0 Å². The van der Waals surface area contributed by atoms with Gasteiger partial charge in [0, 0.05) is 34.2 Å². The van der Waals surface area contributed by atoms with E-state index >= 15 is 0 Å². The van der Waals surface area contributed by atoms with Gasteiger partial charge in [-0.3, -0.25) is 0 Å². The second-order valence-corrected chi connectivity index (χ2v) is 7.66. The van der Waals surface area contributed by atoms with E-state index in [0.717, 1.165) is 32.8 Å². The van der Waals surface area contributed by atoms with Crippen molar-refractivity contribution in [3.05, 3.63) is 57.1 Å². The van der Waals surface area contributed by atoms with Gasteiger partial charge >= 0.3 is 5.97 Å². The van der Waals surface area contributed by atoms with Crippen LogP contribution in [0.4, 0.5) is 0 Å². The molecule has 0 aliphatic rings. The zero-order chi connectivity index (χ0) is 18.3. The molecule has 0 fully saturated rings. The maximum atomic E-state index is 11.3. The van der Waals surface area contributed by atoms with E-state index in [-0.39, 0.29) is 4.88 Å². The SMILES string of the molecule is Cc1nc(-c2ccc3c(c2)c(C#N)cn3Cc2nccs2)sc1C(=O)O. The van der Waals surface area contributed by atoms with Crippen LogP contribution >= 0.6 is 22.7 Å². The number of benzene rings is 1. The van der Waals surface area contributed by atoms with Gasteiger partial charge < -0.3 is 9.67 Å². The molecular weight excluding hydrogens is 368 g/mol. The summed E-state index contributed by atoms with van der Waals surface area (Å²) in [7, 11) is 0. The van der Waals surface area contributed by atoms with E-state index in [0.29, 0.717) is 22.8 Å². The molecule has 0 aliphatic carbocycles. The van der Waals surface area contributed by atoms with Crippen LogP contribution in [0.3, 0.4) is 0 Å². The number of aryl methyl sites for hydroxylation is 1. The highest BCUT2D eigenvalue weighted by atomic mass is 32.1. The second-order valence-electron chi connectivity index (χ2n) is 5.68. The Hall–Kier alpha value is -3.02. The molecule has 0 bridgehead atoms. The largest absolute Gasteiger partial charge is 0.477 e. The summed E-state index contributed by atoms with van der Waals surface area (Å²) in [4.78, 5) is 20.2. The maximum absolute atomic E-state index is 11.3. The molecule has 0 unspecified atom stereocenters. The van der Waals surface area contributed by atoms with Crippen LogP contribution in [0, 0.1) is 18.3 Å². The predicted octanol–water partition coefficient (Wildman–Crippen LogP) is 4.15. The van der Waals surface area contributed by atoms with E-state index in [1.165, 1.54) is 0 Å². The molecule has 0 saturated carbocycles. The van der Waals surface area contributed by atoms with Crippen LogP contribution in [-0.2, 0) is 6.54 Å². The van der Waals surface area contributed by atoms with Crippen molar-refractivity contribution in [2.45, 2.75) is 13.5 Å². The van der Waals surface area contributed by atoms with E-state index in [1.807, 2.05) is 34.3 Å². The van der Waals surface area contributed by atoms with Gasteiger partial charge in [-0.25, -0.2) is 14.8 Å². The lowest BCUT2D eigenvalue weighted by Crippen LogP contribution is -1.96. The fraction of sp³-hybridized carbons (Fsp3) is 0.111. The van der Waals surface area contributed by atoms with E-state index in [9.17, 15) is 15.2 Å². The van der Waals surface area contributed by atoms with Gasteiger partial charge in [-0.05, 0) is 25.1 Å². The van der Waals surface area contributed by atoms with Gasteiger partial charge in [0.25, 0.3) is 0 Å². The number of aromatic nitrogens is 3. The second kappa shape index (κ2) is 6.37. The lowest BCUT2D eigenvalue weighted by Gasteiger charge is -2.03. The molecule has 1 N–H and O–H groups in total. The Bertz CT molecular complexity index is 1170. The number of hydrogen-bond acceptors (Lipinski definition) is 6. The van der Waals surface area contributed by atoms with Crippen LogP contribution < -0.4 is 0 Å². The van der Waals surface area contributed by atoms with Crippen molar-refractivity contribution in [1.29, 1.82) is 5.26 Å². The predicted molar refractivity (Wildman–Crippen MR) is 101 cm³/mol. The average Bonchev–Trinajstić information content (AvgIpc) is 3.34. The van der Waals surface area contributed by atoms with Crippen LogP contribution in [0.1, 0.15) is 25.9 Å². The van der Waals surface area contributed by atoms with Crippen LogP contribution in [0.15, 0.2) is 36.0 Å². The third-order valence-electron chi connectivity index (χ3n) is 4.03. The van der Waals surface area contributed by atoms with Crippen molar-refractivity contribution in [3.8, 4) is 16.6 Å². The number of nitrogens with zero attached hydrogens (tertiary/aromatic N) is 4. The highest BCUT2D eigenvalue weighted by Gasteiger charge is 2.17. The van der Waals surface area contributed by atoms with Gasteiger partial charge in [-0.1, -0.05) is 0 Å². The third kappa shape index (κ3) is 2.77. The highest BCUT2D eigenvalue weighted by Crippen LogP contribution is 2.32. The van der Waals surface area contributed by atoms with Crippen molar-refractivity contribution in [1.82, 2.24) is 14.5 Å². The van der Waals surface area contributed by atoms with Crippen molar-refractivity contribution in [2.24, 2.45) is 0 Å². The zero-order valence-corrected chi connectivity index (χ0v) is 15.3. The van der Waals surface area contributed by atoms with Crippen LogP contribution in [0.5, 0.6) is 0 Å². The van der Waals surface area contributed by atoms with Crippen molar-refractivity contribution in [3.63, 3.8) is 0 Å². The lowest BCUT2D eigenvalue weighted by atomic mass is 10.1. The summed E-state index contributed by atoms with van der Waals surface area (Å²) in [5, 5.41) is 23.1. The first-order chi connectivity index (χ1) is 12.6. The molecule has 0 aliphatic heterocycles. The maximum Gasteiger partial charge on any atom is 0.347 e. The third-order valence-corrected chi connectivity index (χ3v) is 5.99. The minimum atomic E-state index is -0.973. The number of carbonyl (C=O) groups is 1. The molecular formula is C18H12N4O2S2. The molecule has 4 aromatic rings. The zero-order valence-electron chi connectivity index (χ0n) is 13.6. The Morgan fingerprint density at radius 3 is 2.92 bits per heavy atom. The number of aromatic carboxylic acids is 1. The monoisotopic (exact) mass is 380 g/mol. The molecule has 0 amide bonds. The molecule has 1 aromatic carbocycles. The number of fused-ring (bicyclic) bond motifs is 1. The van der Waals surface area contributed by atoms with E-state index in [2.05, 4.69) is 16.0 Å². The lowest BCUT2D eigenvalue weighted by molar-refractivity contribution is 0.0701. The molecule has 4 rings (SSSR count). The molecule has 26 heavy (non-hydrogen) atoms. The Morgan fingerprint density at radius 1 is 1.42 bits per heavy atom. The Balaban J connectivity index is 1.81. The fourth-order valence-electron chi connectivity index (χ4n) is 2.85. The molecule has 3 aromatic heterocycles. The molecule has 128 valence electrons. The van der Waals surface area contributed by atoms with Crippen molar-refractivity contribution in [2.75, 3.05) is 0 Å². The molecule has 0 spiro atoms. The quantitative estimate of drug-likeness (QED) is 0.574. The fourth-order valence-corrected chi connectivity index (χ4v) is 4.36. The highest BCUT2D eigenvalue weighted by molar-refractivity contribution is 7.17. The first kappa shape index (κ1) is 16.4. The van der Waals surface area contributed by atoms with Gasteiger partial charge in [0.1, 0.15) is 21.0 Å².